The van der Waals surface area contributed by atoms with Crippen LogP contribution in [0.1, 0.15) is 40.0 Å². The number of hydrogen-bond donors (Lipinski definition) is 7. The van der Waals surface area contributed by atoms with E-state index in [1.807, 2.05) is 24.3 Å². The Kier molecular flexibility index (Phi) is 14.4. The molecule has 9 N–H and O–H groups in total. The molecule has 0 saturated carbocycles. The Morgan fingerprint density at radius 3 is 2.04 bits per heavy atom. The monoisotopic (exact) mass is 775 g/mol. The van der Waals surface area contributed by atoms with Gasteiger partial charge in [-0.15, -0.1) is 0 Å². The summed E-state index contributed by atoms with van der Waals surface area (Å²) in [6.45, 7) is 1.69. The molecular weight excluding hydrogens is 729 g/mol. The van der Waals surface area contributed by atoms with Crippen molar-refractivity contribution in [2.24, 2.45) is 11.5 Å². The van der Waals surface area contributed by atoms with E-state index in [2.05, 4.69) is 16.0 Å². The molecule has 1 aliphatic heterocycles. The number of hydrogen-bond acceptors (Lipinski definition) is 10. The predicted octanol–water partition coefficient (Wildman–Crippen LogP) is 1.34. The number of nitrogens with two attached hydrogens (primary N) is 2. The van der Waals surface area contributed by atoms with Crippen LogP contribution in [0.25, 0.3) is 22.3 Å². The van der Waals surface area contributed by atoms with Crippen molar-refractivity contribution in [3.63, 3.8) is 0 Å². The molecule has 0 spiro atoms. The first-order valence-corrected chi connectivity index (χ1v) is 18.4. The van der Waals surface area contributed by atoms with Crippen LogP contribution in [0.5, 0.6) is 11.5 Å². The van der Waals surface area contributed by atoms with Crippen LogP contribution in [-0.4, -0.2) is 99.5 Å². The van der Waals surface area contributed by atoms with E-state index in [-0.39, 0.29) is 32.7 Å². The average molecular weight is 776 g/mol. The van der Waals surface area contributed by atoms with Crippen LogP contribution in [0.2, 0.25) is 0 Å². The van der Waals surface area contributed by atoms with Crippen molar-refractivity contribution in [2.75, 3.05) is 39.9 Å². The lowest BCUT2D eigenvalue weighted by Crippen LogP contribution is -2.55. The van der Waals surface area contributed by atoms with Crippen molar-refractivity contribution in [2.45, 2.75) is 37.8 Å². The van der Waals surface area contributed by atoms with Gasteiger partial charge in [0.1, 0.15) is 42.8 Å². The highest BCUT2D eigenvalue weighted by Gasteiger charge is 2.33. The molecule has 3 atom stereocenters. The number of rotatable bonds is 13. The Morgan fingerprint density at radius 2 is 1.44 bits per heavy atom. The minimum atomic E-state index is -1.33. The SMILES string of the molecule is [B]Cc1ccc(-c2ccc(C(=O)NCC(=O)N(C)C3C(=O)N[C@@H](C)C(=O)NC(C(=O)NO)Cc4ccc(OCCN)c(c4)-c4cc3ccc4OCCN)cc2)cc1. The zero-order valence-corrected chi connectivity index (χ0v) is 31.7. The van der Waals surface area contributed by atoms with Crippen LogP contribution < -0.4 is 42.4 Å². The second-order valence-electron chi connectivity index (χ2n) is 13.4. The van der Waals surface area contributed by atoms with Gasteiger partial charge in [-0.05, 0) is 65.6 Å². The van der Waals surface area contributed by atoms with Gasteiger partial charge in [0.15, 0.2) is 0 Å². The highest BCUT2D eigenvalue weighted by Crippen LogP contribution is 2.40. The summed E-state index contributed by atoms with van der Waals surface area (Å²) in [6.07, 6.45) is 0.390. The van der Waals surface area contributed by atoms with E-state index in [9.17, 15) is 29.2 Å². The Balaban J connectivity index is 1.49. The maximum atomic E-state index is 14.2. The first-order chi connectivity index (χ1) is 27.5. The minimum absolute atomic E-state index is 0.0413. The number of hydroxylamine groups is 1. The van der Waals surface area contributed by atoms with Crippen molar-refractivity contribution in [3.8, 4) is 33.8 Å². The number of carbonyl (C=O) groups is 5. The van der Waals surface area contributed by atoms with Gasteiger partial charge >= 0.3 is 0 Å². The lowest BCUT2D eigenvalue weighted by atomic mass is 9.93. The highest BCUT2D eigenvalue weighted by atomic mass is 16.5. The van der Waals surface area contributed by atoms with Gasteiger partial charge in [0, 0.05) is 43.2 Å². The summed E-state index contributed by atoms with van der Waals surface area (Å²) in [7, 11) is 7.12. The van der Waals surface area contributed by atoms with Crippen molar-refractivity contribution >= 4 is 37.4 Å². The summed E-state index contributed by atoms with van der Waals surface area (Å²) >= 11 is 0. The summed E-state index contributed by atoms with van der Waals surface area (Å²) in [5.41, 5.74) is 18.2. The van der Waals surface area contributed by atoms with E-state index in [0.29, 0.717) is 45.6 Å². The van der Waals surface area contributed by atoms with E-state index in [1.165, 1.54) is 18.9 Å². The van der Waals surface area contributed by atoms with E-state index in [0.717, 1.165) is 16.7 Å². The standard InChI is InChI=1S/C41H46BN7O8/c1-24-38(51)47-33(40(53)48-55)20-26-5-13-34(56-17-15-43)31(19-26)32-21-30(12-14-35(32)57-18-16-44)37(41(54)46-24)49(2)36(50)23-45-39(52)29-10-8-28(9-11-29)27-6-3-25(22-42)4-7-27/h3-14,19,21,24,33,37,55H,15-18,20,22-23,43-44H2,1-2H3,(H,45,52)(H,46,54)(H,47,51)(H,48,53)/t24-,33?,37?/m0/s1. The molecule has 0 aliphatic carbocycles. The second-order valence-corrected chi connectivity index (χ2v) is 13.4. The van der Waals surface area contributed by atoms with Gasteiger partial charge < -0.3 is 41.8 Å². The van der Waals surface area contributed by atoms with Gasteiger partial charge in [-0.25, -0.2) is 5.48 Å². The smallest absolute Gasteiger partial charge is 0.266 e. The molecule has 5 amide bonds. The molecule has 0 saturated heterocycles. The van der Waals surface area contributed by atoms with E-state index >= 15 is 0 Å². The molecule has 5 rings (SSSR count). The van der Waals surface area contributed by atoms with Crippen molar-refractivity contribution in [1.82, 2.24) is 26.3 Å². The largest absolute Gasteiger partial charge is 0.492 e. The molecule has 4 bridgehead atoms. The molecule has 57 heavy (non-hydrogen) atoms. The fourth-order valence-corrected chi connectivity index (χ4v) is 6.33. The van der Waals surface area contributed by atoms with Gasteiger partial charge in [0.05, 0.1) is 14.4 Å². The third kappa shape index (κ3) is 10.3. The number of nitrogens with one attached hydrogen (secondary N) is 4. The third-order valence-electron chi connectivity index (χ3n) is 9.44. The van der Waals surface area contributed by atoms with Crippen LogP contribution in [0.3, 0.4) is 0 Å². The molecule has 15 nitrogen and oxygen atoms in total. The number of benzene rings is 4. The molecule has 2 radical (unpaired) electrons. The third-order valence-corrected chi connectivity index (χ3v) is 9.44. The zero-order chi connectivity index (χ0) is 41.1. The number of likely N-dealkylation sites (N-methyl/N-ethyl adjacent to an activating group) is 1. The summed E-state index contributed by atoms with van der Waals surface area (Å²) in [5.74, 6) is -2.66. The lowest BCUT2D eigenvalue weighted by Gasteiger charge is -2.30. The molecule has 4 aromatic carbocycles. The minimum Gasteiger partial charge on any atom is -0.492 e. The zero-order valence-electron chi connectivity index (χ0n) is 31.7. The summed E-state index contributed by atoms with van der Waals surface area (Å²) in [6, 6.07) is 21.0. The Hall–Kier alpha value is -6.23. The molecule has 0 fully saturated rings. The number of fused-ring (bicyclic) bond motifs is 5. The van der Waals surface area contributed by atoms with Gasteiger partial charge in [-0.2, -0.15) is 0 Å². The van der Waals surface area contributed by atoms with Crippen molar-refractivity contribution in [1.29, 1.82) is 0 Å². The highest BCUT2D eigenvalue weighted by molar-refractivity contribution is 6.08. The predicted molar refractivity (Wildman–Crippen MR) is 213 cm³/mol. The van der Waals surface area contributed by atoms with Crippen LogP contribution >= 0.6 is 0 Å². The molecule has 2 unspecified atom stereocenters. The second kappa shape index (κ2) is 19.6. The molecular formula is C41H46BN7O8. The molecule has 4 aromatic rings. The van der Waals surface area contributed by atoms with Gasteiger partial charge in [0.2, 0.25) is 17.7 Å². The Bertz CT molecular complexity index is 2080. The normalized spacial score (nSPS) is 16.6. The molecule has 1 aliphatic rings. The van der Waals surface area contributed by atoms with Crippen molar-refractivity contribution in [3.05, 3.63) is 107 Å². The maximum absolute atomic E-state index is 14.2. The molecule has 1 heterocycles. The molecule has 296 valence electrons. The van der Waals surface area contributed by atoms with Gasteiger partial charge in [-0.1, -0.05) is 60.4 Å². The number of nitrogens with zero attached hydrogens (tertiary/aromatic N) is 1. The van der Waals surface area contributed by atoms with Crippen LogP contribution in [0.4, 0.5) is 0 Å². The van der Waals surface area contributed by atoms with E-state index in [4.69, 9.17) is 28.8 Å². The fourth-order valence-electron chi connectivity index (χ4n) is 6.33. The Morgan fingerprint density at radius 1 is 0.842 bits per heavy atom. The first-order valence-electron chi connectivity index (χ1n) is 18.4. The fraction of sp³-hybridized carbons (Fsp3) is 0.293. The summed E-state index contributed by atoms with van der Waals surface area (Å²) in [4.78, 5) is 68.4. The maximum Gasteiger partial charge on any atom is 0.266 e. The lowest BCUT2D eigenvalue weighted by molar-refractivity contribution is -0.140. The molecule has 0 aromatic heterocycles. The number of carbonyl (C=O) groups excluding carboxylic acids is 5. The Labute approximate surface area is 331 Å². The summed E-state index contributed by atoms with van der Waals surface area (Å²) < 4.78 is 12.0. The van der Waals surface area contributed by atoms with Crippen LogP contribution in [-0.2, 0) is 31.9 Å². The van der Waals surface area contributed by atoms with Crippen LogP contribution in [0.15, 0.2) is 84.9 Å². The van der Waals surface area contributed by atoms with Crippen molar-refractivity contribution < 1.29 is 38.7 Å². The number of amides is 5. The summed E-state index contributed by atoms with van der Waals surface area (Å²) in [5, 5.41) is 17.4. The van der Waals surface area contributed by atoms with E-state index in [1.54, 1.807) is 66.1 Å². The molecule has 16 heteroatoms. The van der Waals surface area contributed by atoms with Gasteiger partial charge in [0.25, 0.3) is 11.8 Å². The van der Waals surface area contributed by atoms with Gasteiger partial charge in [-0.3, -0.25) is 29.2 Å². The van der Waals surface area contributed by atoms with Crippen LogP contribution in [0, 0.1) is 0 Å². The topological polar surface area (TPSA) is 227 Å². The average Bonchev–Trinajstić information content (AvgIpc) is 3.23. The van der Waals surface area contributed by atoms with E-state index < -0.39 is 54.2 Å². The quantitative estimate of drug-likeness (QED) is 0.0586. The number of ether oxygens (including phenoxy) is 2. The first kappa shape index (κ1) is 41.9.